The van der Waals surface area contributed by atoms with Crippen molar-refractivity contribution in [1.82, 2.24) is 4.90 Å². The molecule has 144 valence electrons. The van der Waals surface area contributed by atoms with Crippen molar-refractivity contribution in [3.8, 4) is 5.75 Å². The number of methoxy groups -OCH3 is 1. The zero-order valence-electron chi connectivity index (χ0n) is 16.3. The molecule has 0 bridgehead atoms. The molecule has 2 aromatic rings. The Morgan fingerprint density at radius 2 is 1.74 bits per heavy atom. The Bertz CT molecular complexity index is 762. The second-order valence-corrected chi connectivity index (χ2v) is 6.65. The maximum atomic E-state index is 12.8. The van der Waals surface area contributed by atoms with Gasteiger partial charge in [0.15, 0.2) is 0 Å². The summed E-state index contributed by atoms with van der Waals surface area (Å²) in [7, 11) is 3.33. The van der Waals surface area contributed by atoms with Gasteiger partial charge >= 0.3 is 0 Å². The average molecular weight is 369 g/mol. The predicted molar refractivity (Wildman–Crippen MR) is 108 cm³/mol. The van der Waals surface area contributed by atoms with Gasteiger partial charge in [-0.15, -0.1) is 0 Å². The minimum absolute atomic E-state index is 0.0268. The van der Waals surface area contributed by atoms with Gasteiger partial charge in [0.25, 0.3) is 0 Å². The van der Waals surface area contributed by atoms with Crippen molar-refractivity contribution in [2.45, 2.75) is 19.9 Å². The second-order valence-electron chi connectivity index (χ2n) is 6.65. The van der Waals surface area contributed by atoms with Crippen LogP contribution in [0.15, 0.2) is 54.6 Å². The minimum Gasteiger partial charge on any atom is -0.497 e. The lowest BCUT2D eigenvalue weighted by atomic mass is 10.2. The Morgan fingerprint density at radius 1 is 1.04 bits per heavy atom. The van der Waals surface area contributed by atoms with Crippen molar-refractivity contribution in [2.75, 3.05) is 37.5 Å². The molecule has 0 radical (unpaired) electrons. The van der Waals surface area contributed by atoms with Crippen LogP contribution >= 0.6 is 0 Å². The summed E-state index contributed by atoms with van der Waals surface area (Å²) in [6, 6.07) is 16.7. The quantitative estimate of drug-likeness (QED) is 0.777. The number of benzene rings is 2. The summed E-state index contributed by atoms with van der Waals surface area (Å²) >= 11 is 0. The SMILES string of the molecule is COc1cccc(NC(=O)CN(C)CC(=O)N(c2ccccc2)C(C)C)c1. The number of hydrogen-bond acceptors (Lipinski definition) is 4. The van der Waals surface area contributed by atoms with Crippen molar-refractivity contribution in [3.63, 3.8) is 0 Å². The van der Waals surface area contributed by atoms with Gasteiger partial charge in [-0.1, -0.05) is 24.3 Å². The highest BCUT2D eigenvalue weighted by Gasteiger charge is 2.21. The van der Waals surface area contributed by atoms with E-state index in [0.717, 1.165) is 5.69 Å². The molecule has 0 fully saturated rings. The molecule has 2 aromatic carbocycles. The van der Waals surface area contributed by atoms with E-state index >= 15 is 0 Å². The first kappa shape index (κ1) is 20.5. The Kier molecular flexibility index (Phi) is 7.37. The Morgan fingerprint density at radius 3 is 2.37 bits per heavy atom. The van der Waals surface area contributed by atoms with Crippen LogP contribution in [0.3, 0.4) is 0 Å². The van der Waals surface area contributed by atoms with Crippen molar-refractivity contribution >= 4 is 23.2 Å². The number of nitrogens with zero attached hydrogens (tertiary/aromatic N) is 2. The zero-order chi connectivity index (χ0) is 19.8. The molecule has 0 unspecified atom stereocenters. The van der Waals surface area contributed by atoms with Gasteiger partial charge < -0.3 is 15.0 Å². The molecule has 6 heteroatoms. The van der Waals surface area contributed by atoms with E-state index in [1.54, 1.807) is 36.1 Å². The maximum Gasteiger partial charge on any atom is 0.241 e. The molecular weight excluding hydrogens is 342 g/mol. The molecule has 2 amide bonds. The topological polar surface area (TPSA) is 61.9 Å². The lowest BCUT2D eigenvalue weighted by molar-refractivity contribution is -0.121. The first-order valence-electron chi connectivity index (χ1n) is 8.90. The van der Waals surface area contributed by atoms with Gasteiger partial charge in [-0.05, 0) is 45.2 Å². The fraction of sp³-hybridized carbons (Fsp3) is 0.333. The summed E-state index contributed by atoms with van der Waals surface area (Å²) in [6.07, 6.45) is 0. The van der Waals surface area contributed by atoms with Crippen LogP contribution in [0, 0.1) is 0 Å². The van der Waals surface area contributed by atoms with Crippen LogP contribution in [-0.2, 0) is 9.59 Å². The van der Waals surface area contributed by atoms with Gasteiger partial charge in [0, 0.05) is 23.5 Å². The van der Waals surface area contributed by atoms with E-state index in [4.69, 9.17) is 4.74 Å². The molecule has 0 aliphatic rings. The summed E-state index contributed by atoms with van der Waals surface area (Å²) in [6.45, 7) is 4.21. The molecule has 0 heterocycles. The van der Waals surface area contributed by atoms with Crippen molar-refractivity contribution < 1.29 is 14.3 Å². The van der Waals surface area contributed by atoms with Crippen molar-refractivity contribution in [1.29, 1.82) is 0 Å². The van der Waals surface area contributed by atoms with Gasteiger partial charge in [0.05, 0.1) is 20.2 Å². The van der Waals surface area contributed by atoms with Gasteiger partial charge in [-0.2, -0.15) is 0 Å². The molecule has 0 atom stereocenters. The van der Waals surface area contributed by atoms with Crippen molar-refractivity contribution in [3.05, 3.63) is 54.6 Å². The summed E-state index contributed by atoms with van der Waals surface area (Å²) in [4.78, 5) is 28.5. The number of amides is 2. The molecule has 0 aliphatic heterocycles. The van der Waals surface area contributed by atoms with Crippen molar-refractivity contribution in [2.24, 2.45) is 0 Å². The van der Waals surface area contributed by atoms with Crippen LogP contribution in [0.5, 0.6) is 5.75 Å². The number of ether oxygens (including phenoxy) is 1. The highest BCUT2D eigenvalue weighted by molar-refractivity contribution is 5.96. The molecule has 0 spiro atoms. The van der Waals surface area contributed by atoms with Crippen LogP contribution in [0.25, 0.3) is 0 Å². The fourth-order valence-electron chi connectivity index (χ4n) is 2.83. The van der Waals surface area contributed by atoms with E-state index in [1.807, 2.05) is 56.3 Å². The minimum atomic E-state index is -0.186. The number of anilines is 2. The summed E-state index contributed by atoms with van der Waals surface area (Å²) in [5, 5.41) is 2.82. The molecule has 6 nitrogen and oxygen atoms in total. The Hall–Kier alpha value is -2.86. The monoisotopic (exact) mass is 369 g/mol. The summed E-state index contributed by atoms with van der Waals surface area (Å²) in [5.41, 5.74) is 1.51. The highest BCUT2D eigenvalue weighted by atomic mass is 16.5. The number of para-hydroxylation sites is 1. The maximum absolute atomic E-state index is 12.8. The molecule has 2 rings (SSSR count). The summed E-state index contributed by atoms with van der Waals surface area (Å²) < 4.78 is 5.15. The molecule has 0 aliphatic carbocycles. The number of nitrogens with one attached hydrogen (secondary N) is 1. The highest BCUT2D eigenvalue weighted by Crippen LogP contribution is 2.18. The molecule has 0 aromatic heterocycles. The smallest absolute Gasteiger partial charge is 0.241 e. The van der Waals surface area contributed by atoms with Crippen LogP contribution < -0.4 is 15.0 Å². The van der Waals surface area contributed by atoms with E-state index in [-0.39, 0.29) is 30.9 Å². The Labute approximate surface area is 160 Å². The number of carbonyl (C=O) groups excluding carboxylic acids is 2. The number of rotatable bonds is 8. The van der Waals surface area contributed by atoms with Crippen LogP contribution in [0.1, 0.15) is 13.8 Å². The lowest BCUT2D eigenvalue weighted by Crippen LogP contribution is -2.44. The largest absolute Gasteiger partial charge is 0.497 e. The van der Waals surface area contributed by atoms with Crippen LogP contribution in [0.4, 0.5) is 11.4 Å². The van der Waals surface area contributed by atoms with E-state index in [1.165, 1.54) is 0 Å². The van der Waals surface area contributed by atoms with Gasteiger partial charge in [-0.25, -0.2) is 0 Å². The third-order valence-electron chi connectivity index (χ3n) is 3.99. The molecular formula is C21H27N3O3. The average Bonchev–Trinajstić information content (AvgIpc) is 2.62. The first-order valence-corrected chi connectivity index (χ1v) is 8.90. The van der Waals surface area contributed by atoms with Crippen LogP contribution in [-0.4, -0.2) is 50.0 Å². The Balaban J connectivity index is 1.94. The number of carbonyl (C=O) groups is 2. The van der Waals surface area contributed by atoms with Gasteiger partial charge in [0.2, 0.25) is 11.8 Å². The predicted octanol–water partition coefficient (Wildman–Crippen LogP) is 3.01. The number of hydrogen-bond donors (Lipinski definition) is 1. The van der Waals surface area contributed by atoms with E-state index in [2.05, 4.69) is 5.32 Å². The van der Waals surface area contributed by atoms with Gasteiger partial charge in [-0.3, -0.25) is 14.5 Å². The molecule has 0 saturated heterocycles. The van der Waals surface area contributed by atoms with Crippen LogP contribution in [0.2, 0.25) is 0 Å². The molecule has 1 N–H and O–H groups in total. The first-order chi connectivity index (χ1) is 12.9. The fourth-order valence-corrected chi connectivity index (χ4v) is 2.83. The van der Waals surface area contributed by atoms with E-state index in [0.29, 0.717) is 11.4 Å². The lowest BCUT2D eigenvalue weighted by Gasteiger charge is -2.28. The third-order valence-corrected chi connectivity index (χ3v) is 3.99. The zero-order valence-corrected chi connectivity index (χ0v) is 16.3. The number of likely N-dealkylation sites (N-methyl/N-ethyl adjacent to an activating group) is 1. The normalized spacial score (nSPS) is 10.7. The van der Waals surface area contributed by atoms with E-state index < -0.39 is 0 Å². The summed E-state index contributed by atoms with van der Waals surface area (Å²) in [5.74, 6) is 0.439. The van der Waals surface area contributed by atoms with E-state index in [9.17, 15) is 9.59 Å². The molecule has 27 heavy (non-hydrogen) atoms. The standard InChI is InChI=1S/C21H27N3O3/c1-16(2)24(18-10-6-5-7-11-18)21(26)15-23(3)14-20(25)22-17-9-8-12-19(13-17)27-4/h5-13,16H,14-15H2,1-4H3,(H,22,25). The second kappa shape index (κ2) is 9.73. The third kappa shape index (κ3) is 6.11. The molecule has 0 saturated carbocycles. The van der Waals surface area contributed by atoms with Gasteiger partial charge in [0.1, 0.15) is 5.75 Å².